The Balaban J connectivity index is 3.77. The van der Waals surface area contributed by atoms with Crippen LogP contribution in [0.1, 0.15) is 13.3 Å². The third kappa shape index (κ3) is 8.05. The maximum Gasteiger partial charge on any atom is 0.235 e. The van der Waals surface area contributed by atoms with Crippen molar-refractivity contribution in [2.24, 2.45) is 0 Å². The van der Waals surface area contributed by atoms with E-state index in [2.05, 4.69) is 5.32 Å². The van der Waals surface area contributed by atoms with Gasteiger partial charge in [-0.1, -0.05) is 6.92 Å². The highest BCUT2D eigenvalue weighted by atomic mass is 35.5. The van der Waals surface area contributed by atoms with E-state index in [9.17, 15) is 13.2 Å². The molecular weight excluding hydrogens is 214 g/mol. The molecule has 78 valence electrons. The Kier molecular flexibility index (Phi) is 5.32. The number of carbonyl (C=O) groups excluding carboxylic acids is 1. The molecule has 0 aromatic rings. The molecule has 0 spiro atoms. The van der Waals surface area contributed by atoms with Gasteiger partial charge in [0.15, 0.2) is 9.84 Å². The highest BCUT2D eigenvalue weighted by molar-refractivity contribution is 7.91. The summed E-state index contributed by atoms with van der Waals surface area (Å²) in [5.74, 6) is -0.970. The zero-order chi connectivity index (χ0) is 10.5. The largest absolute Gasteiger partial charge is 0.354 e. The fourth-order valence-corrected chi connectivity index (χ4v) is 1.31. The maximum atomic E-state index is 10.9. The molecule has 0 saturated heterocycles. The standard InChI is InChI=1S/C7H14ClNO3S/c1-3-6(8)4-9-7(10)5-13(2,11)12/h6H,3-5H2,1-2H3,(H,9,10). The van der Waals surface area contributed by atoms with Gasteiger partial charge in [-0.15, -0.1) is 11.6 Å². The zero-order valence-corrected chi connectivity index (χ0v) is 9.28. The normalized spacial score (nSPS) is 13.8. The van der Waals surface area contributed by atoms with Gasteiger partial charge in [0.25, 0.3) is 0 Å². The van der Waals surface area contributed by atoms with Crippen LogP contribution in [0.25, 0.3) is 0 Å². The molecule has 0 rings (SSSR count). The van der Waals surface area contributed by atoms with Crippen molar-refractivity contribution in [1.29, 1.82) is 0 Å². The highest BCUT2D eigenvalue weighted by Gasteiger charge is 2.11. The molecule has 1 atom stereocenters. The lowest BCUT2D eigenvalue weighted by Gasteiger charge is -2.07. The summed E-state index contributed by atoms with van der Waals surface area (Å²) in [5.41, 5.74) is 0. The maximum absolute atomic E-state index is 10.9. The van der Waals surface area contributed by atoms with Crippen LogP contribution in [0.4, 0.5) is 0 Å². The second-order valence-corrected chi connectivity index (χ2v) is 5.64. The molecule has 0 heterocycles. The molecule has 0 aliphatic rings. The molecule has 1 unspecified atom stereocenters. The van der Waals surface area contributed by atoms with E-state index in [1.54, 1.807) is 0 Å². The van der Waals surface area contributed by atoms with Gasteiger partial charge in [-0.3, -0.25) is 4.79 Å². The predicted octanol–water partition coefficient (Wildman–Crippen LogP) is 0.165. The minimum Gasteiger partial charge on any atom is -0.354 e. The molecule has 13 heavy (non-hydrogen) atoms. The quantitative estimate of drug-likeness (QED) is 0.681. The first-order chi connectivity index (χ1) is 5.85. The summed E-state index contributed by atoms with van der Waals surface area (Å²) in [6, 6.07) is 0. The minimum absolute atomic E-state index is 0.136. The van der Waals surface area contributed by atoms with Gasteiger partial charge in [-0.2, -0.15) is 0 Å². The summed E-state index contributed by atoms with van der Waals surface area (Å²) in [7, 11) is -3.23. The average Bonchev–Trinajstić information content (AvgIpc) is 1.97. The molecule has 4 nitrogen and oxygen atoms in total. The number of amides is 1. The summed E-state index contributed by atoms with van der Waals surface area (Å²) >= 11 is 5.72. The summed E-state index contributed by atoms with van der Waals surface area (Å²) in [4.78, 5) is 10.9. The van der Waals surface area contributed by atoms with Crippen molar-refractivity contribution in [3.8, 4) is 0 Å². The number of hydrogen-bond acceptors (Lipinski definition) is 3. The predicted molar refractivity (Wildman–Crippen MR) is 52.7 cm³/mol. The first kappa shape index (κ1) is 12.7. The number of carbonyl (C=O) groups is 1. The first-order valence-electron chi connectivity index (χ1n) is 3.93. The zero-order valence-electron chi connectivity index (χ0n) is 7.71. The van der Waals surface area contributed by atoms with E-state index < -0.39 is 21.5 Å². The molecule has 0 aromatic carbocycles. The lowest BCUT2D eigenvalue weighted by Crippen LogP contribution is -2.33. The SMILES string of the molecule is CCC(Cl)CNC(=O)CS(C)(=O)=O. The Morgan fingerprint density at radius 3 is 2.46 bits per heavy atom. The fourth-order valence-electron chi connectivity index (χ4n) is 0.658. The third-order valence-electron chi connectivity index (χ3n) is 1.36. The number of hydrogen-bond donors (Lipinski definition) is 1. The third-order valence-corrected chi connectivity index (χ3v) is 2.61. The molecular formula is C7H14ClNO3S. The Hall–Kier alpha value is -0.290. The highest BCUT2D eigenvalue weighted by Crippen LogP contribution is 1.98. The van der Waals surface area contributed by atoms with E-state index in [-0.39, 0.29) is 5.38 Å². The summed E-state index contributed by atoms with van der Waals surface area (Å²) < 4.78 is 21.3. The van der Waals surface area contributed by atoms with Crippen molar-refractivity contribution >= 4 is 27.3 Å². The van der Waals surface area contributed by atoms with Crippen molar-refractivity contribution in [3.05, 3.63) is 0 Å². The van der Waals surface area contributed by atoms with Crippen LogP contribution in [-0.2, 0) is 14.6 Å². The van der Waals surface area contributed by atoms with Crippen molar-refractivity contribution in [3.63, 3.8) is 0 Å². The summed E-state index contributed by atoms with van der Waals surface area (Å²) in [6.07, 6.45) is 1.76. The molecule has 0 aliphatic heterocycles. The Morgan fingerprint density at radius 2 is 2.08 bits per heavy atom. The van der Waals surface area contributed by atoms with Crippen LogP contribution in [0.3, 0.4) is 0 Å². The second-order valence-electron chi connectivity index (χ2n) is 2.88. The number of nitrogens with one attached hydrogen (secondary N) is 1. The molecule has 0 bridgehead atoms. The number of sulfone groups is 1. The first-order valence-corrected chi connectivity index (χ1v) is 6.43. The molecule has 1 amide bonds. The monoisotopic (exact) mass is 227 g/mol. The van der Waals surface area contributed by atoms with E-state index in [4.69, 9.17) is 11.6 Å². The van der Waals surface area contributed by atoms with Gasteiger partial charge in [-0.25, -0.2) is 8.42 Å². The lowest BCUT2D eigenvalue weighted by atomic mass is 10.3. The van der Waals surface area contributed by atoms with Gasteiger partial charge in [0.1, 0.15) is 5.75 Å². The van der Waals surface area contributed by atoms with Gasteiger partial charge >= 0.3 is 0 Å². The summed E-state index contributed by atoms with van der Waals surface area (Å²) in [6.45, 7) is 2.20. The second kappa shape index (κ2) is 5.44. The van der Waals surface area contributed by atoms with Crippen LogP contribution >= 0.6 is 11.6 Å². The van der Waals surface area contributed by atoms with E-state index in [0.717, 1.165) is 12.7 Å². The van der Waals surface area contributed by atoms with Crippen LogP contribution in [-0.4, -0.2) is 38.3 Å². The van der Waals surface area contributed by atoms with Gasteiger partial charge in [-0.05, 0) is 6.42 Å². The van der Waals surface area contributed by atoms with Crippen molar-refractivity contribution in [2.45, 2.75) is 18.7 Å². The van der Waals surface area contributed by atoms with Gasteiger partial charge < -0.3 is 5.32 Å². The van der Waals surface area contributed by atoms with Gasteiger partial charge in [0.05, 0.1) is 5.38 Å². The topological polar surface area (TPSA) is 63.2 Å². The van der Waals surface area contributed by atoms with E-state index >= 15 is 0 Å². The van der Waals surface area contributed by atoms with Crippen molar-refractivity contribution < 1.29 is 13.2 Å². The number of halogens is 1. The summed E-state index contributed by atoms with van der Waals surface area (Å²) in [5, 5.41) is 2.30. The minimum atomic E-state index is -3.23. The van der Waals surface area contributed by atoms with Crippen molar-refractivity contribution in [2.75, 3.05) is 18.6 Å². The average molecular weight is 228 g/mol. The lowest BCUT2D eigenvalue weighted by molar-refractivity contribution is -0.118. The molecule has 0 fully saturated rings. The van der Waals surface area contributed by atoms with Crippen LogP contribution < -0.4 is 5.32 Å². The van der Waals surface area contributed by atoms with Crippen LogP contribution in [0.15, 0.2) is 0 Å². The Labute approximate surface area is 83.6 Å². The fraction of sp³-hybridized carbons (Fsp3) is 0.857. The van der Waals surface area contributed by atoms with Gasteiger partial charge in [0, 0.05) is 12.8 Å². The Bertz CT molecular complexity index is 263. The number of rotatable bonds is 5. The smallest absolute Gasteiger partial charge is 0.235 e. The molecule has 0 aromatic heterocycles. The molecule has 0 aliphatic carbocycles. The molecule has 6 heteroatoms. The van der Waals surface area contributed by atoms with E-state index in [1.165, 1.54) is 0 Å². The van der Waals surface area contributed by atoms with Gasteiger partial charge in [0.2, 0.25) is 5.91 Å². The Morgan fingerprint density at radius 1 is 1.54 bits per heavy atom. The molecule has 0 saturated carbocycles. The van der Waals surface area contributed by atoms with Crippen molar-refractivity contribution in [1.82, 2.24) is 5.32 Å². The van der Waals surface area contributed by atoms with E-state index in [0.29, 0.717) is 6.54 Å². The van der Waals surface area contributed by atoms with E-state index in [1.807, 2.05) is 6.92 Å². The van der Waals surface area contributed by atoms with Crippen LogP contribution in [0.2, 0.25) is 0 Å². The molecule has 0 radical (unpaired) electrons. The molecule has 1 N–H and O–H groups in total. The van der Waals surface area contributed by atoms with Crippen LogP contribution in [0, 0.1) is 0 Å². The van der Waals surface area contributed by atoms with Crippen LogP contribution in [0.5, 0.6) is 0 Å². The number of alkyl halides is 1.